The van der Waals surface area contributed by atoms with E-state index in [9.17, 15) is 23.5 Å². The van der Waals surface area contributed by atoms with Crippen LogP contribution in [0.25, 0.3) is 10.4 Å². The van der Waals surface area contributed by atoms with E-state index in [4.69, 9.17) is 0 Å². The zero-order chi connectivity index (χ0) is 26.5. The number of nitrogens with one attached hydrogen (secondary N) is 2. The first-order chi connectivity index (χ1) is 17.5. The topological polar surface area (TPSA) is 107 Å². The molecular weight excluding hydrogens is 500 g/mol. The number of aliphatic hydroxyl groups excluding tert-OH is 1. The first-order valence-corrected chi connectivity index (χ1v) is 13.7. The minimum atomic E-state index is -2.82. The van der Waals surface area contributed by atoms with Crippen LogP contribution in [0.4, 0.5) is 14.6 Å². The van der Waals surface area contributed by atoms with E-state index in [0.717, 1.165) is 37.0 Å². The van der Waals surface area contributed by atoms with Crippen LogP contribution < -0.4 is 10.6 Å². The molecule has 2 amide bonds. The Morgan fingerprint density at radius 1 is 1.14 bits per heavy atom. The van der Waals surface area contributed by atoms with Gasteiger partial charge in [-0.2, -0.15) is 0 Å². The molecule has 2 atom stereocenters. The summed E-state index contributed by atoms with van der Waals surface area (Å²) in [6, 6.07) is 1.36. The number of pyridine rings is 1. The second-order valence-corrected chi connectivity index (χ2v) is 12.3. The van der Waals surface area contributed by atoms with E-state index in [-0.39, 0.29) is 56.3 Å². The van der Waals surface area contributed by atoms with Crippen molar-refractivity contribution in [3.05, 3.63) is 28.5 Å². The van der Waals surface area contributed by atoms with Crippen molar-refractivity contribution in [3.8, 4) is 10.4 Å². The maximum absolute atomic E-state index is 14.3. The Hall–Kier alpha value is -2.66. The summed E-state index contributed by atoms with van der Waals surface area (Å²) in [5, 5.41) is 15.8. The zero-order valence-corrected chi connectivity index (χ0v) is 22.1. The third-order valence-electron chi connectivity index (χ3n) is 7.37. The summed E-state index contributed by atoms with van der Waals surface area (Å²) in [6.45, 7) is 5.72. The lowest BCUT2D eigenvalue weighted by Gasteiger charge is -2.23. The van der Waals surface area contributed by atoms with Gasteiger partial charge < -0.3 is 20.6 Å². The first kappa shape index (κ1) is 26.0. The molecule has 2 bridgehead atoms. The van der Waals surface area contributed by atoms with Crippen LogP contribution in [0.2, 0.25) is 0 Å². The molecule has 11 heteroatoms. The van der Waals surface area contributed by atoms with Crippen LogP contribution >= 0.6 is 11.3 Å². The van der Waals surface area contributed by atoms with Crippen LogP contribution in [-0.2, 0) is 0 Å². The molecule has 2 aromatic rings. The Balaban J connectivity index is 1.54. The molecule has 0 aromatic carbocycles. The molecule has 1 aliphatic carbocycles. The number of hydrogen-bond donors (Lipinski definition) is 3. The number of carbonyl (C=O) groups excluding carboxylic acids is 2. The maximum atomic E-state index is 14.3. The van der Waals surface area contributed by atoms with Crippen LogP contribution in [0, 0.1) is 0 Å². The summed E-state index contributed by atoms with van der Waals surface area (Å²) < 4.78 is 28.6. The van der Waals surface area contributed by atoms with E-state index in [2.05, 4.69) is 20.6 Å². The van der Waals surface area contributed by atoms with E-state index in [1.807, 2.05) is 25.7 Å². The van der Waals surface area contributed by atoms with Crippen molar-refractivity contribution in [2.75, 3.05) is 5.32 Å². The number of fused-ring (bicyclic) bond motifs is 2. The summed E-state index contributed by atoms with van der Waals surface area (Å²) in [4.78, 5) is 37.7. The fourth-order valence-corrected chi connectivity index (χ4v) is 6.73. The van der Waals surface area contributed by atoms with E-state index in [1.54, 1.807) is 0 Å². The van der Waals surface area contributed by atoms with Gasteiger partial charge in [-0.1, -0.05) is 0 Å². The van der Waals surface area contributed by atoms with E-state index >= 15 is 0 Å². The van der Waals surface area contributed by atoms with Crippen molar-refractivity contribution < 1.29 is 23.5 Å². The number of hydrogen-bond acceptors (Lipinski definition) is 7. The monoisotopic (exact) mass is 533 g/mol. The summed E-state index contributed by atoms with van der Waals surface area (Å²) in [6.07, 6.45) is 3.46. The fourth-order valence-electron chi connectivity index (χ4n) is 5.74. The Morgan fingerprint density at radius 3 is 2.38 bits per heavy atom. The smallest absolute Gasteiger partial charge is 0.280 e. The van der Waals surface area contributed by atoms with Crippen molar-refractivity contribution in [1.82, 2.24) is 20.2 Å². The highest BCUT2D eigenvalue weighted by Crippen LogP contribution is 2.42. The number of rotatable bonds is 6. The van der Waals surface area contributed by atoms with Gasteiger partial charge in [0.15, 0.2) is 5.01 Å². The highest BCUT2D eigenvalue weighted by Gasteiger charge is 2.44. The van der Waals surface area contributed by atoms with E-state index < -0.39 is 18.4 Å². The minimum absolute atomic E-state index is 0.0284. The molecular formula is C26H33F2N5O3S. The molecule has 37 heavy (non-hydrogen) atoms. The van der Waals surface area contributed by atoms with Gasteiger partial charge in [-0.25, -0.2) is 18.7 Å². The van der Waals surface area contributed by atoms with Crippen molar-refractivity contribution in [2.24, 2.45) is 0 Å². The van der Waals surface area contributed by atoms with Crippen LogP contribution in [0.15, 0.2) is 12.3 Å². The number of aliphatic hydroxyl groups is 1. The number of halogens is 2. The molecule has 2 aromatic heterocycles. The SMILES string of the molecule is CC(C)(C)Nc1cc(C(F)F)c(-c2sc(C(=O)N[C@H]3CC[C@H](O)C3)nc2C(=O)N2[C@H]3CC[C@H]2CC3)cn1. The first-order valence-electron chi connectivity index (χ1n) is 12.9. The van der Waals surface area contributed by atoms with E-state index in [1.165, 1.54) is 12.3 Å². The molecule has 3 fully saturated rings. The highest BCUT2D eigenvalue weighted by molar-refractivity contribution is 7.17. The molecule has 5 rings (SSSR count). The van der Waals surface area contributed by atoms with Crippen molar-refractivity contribution in [1.29, 1.82) is 0 Å². The normalized spacial score (nSPS) is 25.2. The molecule has 2 aliphatic heterocycles. The Morgan fingerprint density at radius 2 is 1.81 bits per heavy atom. The van der Waals surface area contributed by atoms with Crippen LogP contribution in [0.1, 0.15) is 98.0 Å². The number of carbonyl (C=O) groups is 2. The van der Waals surface area contributed by atoms with Gasteiger partial charge in [0.25, 0.3) is 18.2 Å². The molecule has 200 valence electrons. The lowest BCUT2D eigenvalue weighted by molar-refractivity contribution is 0.0725. The quantitative estimate of drug-likeness (QED) is 0.494. The van der Waals surface area contributed by atoms with E-state index in [0.29, 0.717) is 25.1 Å². The largest absolute Gasteiger partial charge is 0.393 e. The highest BCUT2D eigenvalue weighted by atomic mass is 32.1. The molecule has 8 nitrogen and oxygen atoms in total. The molecule has 0 spiro atoms. The van der Waals surface area contributed by atoms with Gasteiger partial charge in [0.2, 0.25) is 0 Å². The predicted octanol–water partition coefficient (Wildman–Crippen LogP) is 4.76. The predicted molar refractivity (Wildman–Crippen MR) is 137 cm³/mol. The lowest BCUT2D eigenvalue weighted by Crippen LogP contribution is -2.36. The van der Waals surface area contributed by atoms with Gasteiger partial charge in [0, 0.05) is 41.0 Å². The second-order valence-electron chi connectivity index (χ2n) is 11.3. The number of anilines is 1. The molecule has 3 N–H and O–H groups in total. The minimum Gasteiger partial charge on any atom is -0.393 e. The van der Waals surface area contributed by atoms with Gasteiger partial charge in [-0.05, 0) is 71.8 Å². The van der Waals surface area contributed by atoms with Crippen LogP contribution in [-0.4, -0.2) is 61.6 Å². The molecule has 0 radical (unpaired) electrons. The average molecular weight is 534 g/mol. The third kappa shape index (κ3) is 5.34. The van der Waals surface area contributed by atoms with Crippen LogP contribution in [0.3, 0.4) is 0 Å². The van der Waals surface area contributed by atoms with Crippen molar-refractivity contribution in [2.45, 2.75) is 102 Å². The number of thiazole rings is 1. The zero-order valence-electron chi connectivity index (χ0n) is 21.3. The van der Waals surface area contributed by atoms with Gasteiger partial charge in [0.05, 0.1) is 11.0 Å². The lowest BCUT2D eigenvalue weighted by atomic mass is 10.0. The Bertz CT molecular complexity index is 1180. The molecule has 2 saturated heterocycles. The number of amides is 2. The van der Waals surface area contributed by atoms with Gasteiger partial charge >= 0.3 is 0 Å². The van der Waals surface area contributed by atoms with Gasteiger partial charge in [-0.3, -0.25) is 9.59 Å². The molecule has 1 saturated carbocycles. The van der Waals surface area contributed by atoms with Crippen molar-refractivity contribution >= 4 is 29.0 Å². The second kappa shape index (κ2) is 9.90. The molecule has 0 unspecified atom stereocenters. The summed E-state index contributed by atoms with van der Waals surface area (Å²) in [7, 11) is 0. The molecule has 4 heterocycles. The van der Waals surface area contributed by atoms with Crippen molar-refractivity contribution in [3.63, 3.8) is 0 Å². The summed E-state index contributed by atoms with van der Waals surface area (Å²) in [5.74, 6) is -0.477. The standard InChI is InChI=1S/C26H33F2N5O3S/c1-26(2,3)32-19-11-17(22(27)28)18(12-29-19)21-20(25(36)33-14-5-6-15(33)8-7-14)31-24(37-21)23(35)30-13-4-9-16(34)10-13/h11-16,22,34H,4-10H2,1-3H3,(H,29,32)(H,30,35)/t13-,14-,15-,16-/m0/s1. The number of alkyl halides is 2. The summed E-state index contributed by atoms with van der Waals surface area (Å²) >= 11 is 0.939. The maximum Gasteiger partial charge on any atom is 0.280 e. The average Bonchev–Trinajstić information content (AvgIpc) is 3.61. The fraction of sp³-hybridized carbons (Fsp3) is 0.615. The Kier molecular flexibility index (Phi) is 6.95. The number of aromatic nitrogens is 2. The van der Waals surface area contributed by atoms with Crippen LogP contribution in [0.5, 0.6) is 0 Å². The summed E-state index contributed by atoms with van der Waals surface area (Å²) in [5.41, 5.74) is -0.513. The molecule has 3 aliphatic rings. The Labute approximate surface area is 218 Å². The van der Waals surface area contributed by atoms with Gasteiger partial charge in [-0.15, -0.1) is 11.3 Å². The van der Waals surface area contributed by atoms with Gasteiger partial charge in [0.1, 0.15) is 11.5 Å². The third-order valence-corrected chi connectivity index (χ3v) is 8.46. The number of nitrogens with zero attached hydrogens (tertiary/aromatic N) is 3.